The number of likely N-dealkylation sites (N-methyl/N-ethyl adjacent to an activating group) is 1. The van der Waals surface area contributed by atoms with Gasteiger partial charge in [-0.3, -0.25) is 4.79 Å². The summed E-state index contributed by atoms with van der Waals surface area (Å²) in [6.07, 6.45) is 0.798. The van der Waals surface area contributed by atoms with Crippen molar-refractivity contribution in [2.45, 2.75) is 6.42 Å². The van der Waals surface area contributed by atoms with E-state index in [9.17, 15) is 9.59 Å². The highest BCUT2D eigenvalue weighted by molar-refractivity contribution is 5.79. The number of amides is 2. The Hall–Kier alpha value is -1.30. The molecule has 1 aliphatic heterocycles. The molecular weight excluding hydrogens is 200 g/mol. The normalized spacial score (nSPS) is 17.0. The molecule has 0 aromatic carbocycles. The van der Waals surface area contributed by atoms with E-state index in [2.05, 4.69) is 0 Å². The van der Waals surface area contributed by atoms with Crippen molar-refractivity contribution in [1.29, 1.82) is 0 Å². The molecular formula is C9H16N2O4. The molecule has 0 aliphatic carbocycles. The highest BCUT2D eigenvalue weighted by Gasteiger charge is 2.20. The maximum Gasteiger partial charge on any atom is 0.323 e. The quantitative estimate of drug-likeness (QED) is 0.696. The summed E-state index contributed by atoms with van der Waals surface area (Å²) in [5.74, 6) is -1.00. The van der Waals surface area contributed by atoms with Crippen molar-refractivity contribution in [2.75, 3.05) is 39.9 Å². The van der Waals surface area contributed by atoms with Crippen LogP contribution in [0, 0.1) is 0 Å². The molecule has 0 bridgehead atoms. The van der Waals surface area contributed by atoms with E-state index in [0.717, 1.165) is 6.42 Å². The highest BCUT2D eigenvalue weighted by atomic mass is 16.5. The van der Waals surface area contributed by atoms with Crippen molar-refractivity contribution in [3.63, 3.8) is 0 Å². The molecule has 0 atom stereocenters. The van der Waals surface area contributed by atoms with Gasteiger partial charge in [-0.15, -0.1) is 0 Å². The predicted octanol–water partition coefficient (Wildman–Crippen LogP) is -0.155. The van der Waals surface area contributed by atoms with E-state index in [1.165, 1.54) is 11.9 Å². The van der Waals surface area contributed by atoms with Crippen LogP contribution in [0.25, 0.3) is 0 Å². The molecule has 2 amide bonds. The standard InChI is InChI=1S/C9H16N2O4/c1-10(7-8(12)13)9(14)11-3-2-5-15-6-4-11/h2-7H2,1H3,(H,12,13). The summed E-state index contributed by atoms with van der Waals surface area (Å²) in [4.78, 5) is 25.0. The van der Waals surface area contributed by atoms with Gasteiger partial charge in [0.15, 0.2) is 0 Å². The second kappa shape index (κ2) is 5.55. The summed E-state index contributed by atoms with van der Waals surface area (Å²) in [5.41, 5.74) is 0. The van der Waals surface area contributed by atoms with Crippen LogP contribution >= 0.6 is 0 Å². The van der Waals surface area contributed by atoms with Gasteiger partial charge in [0, 0.05) is 26.7 Å². The second-order valence-electron chi connectivity index (χ2n) is 3.49. The van der Waals surface area contributed by atoms with Gasteiger partial charge in [0.05, 0.1) is 6.61 Å². The lowest BCUT2D eigenvalue weighted by Crippen LogP contribution is -2.44. The van der Waals surface area contributed by atoms with Crippen LogP contribution in [0.15, 0.2) is 0 Å². The molecule has 1 rings (SSSR count). The Morgan fingerprint density at radius 3 is 2.80 bits per heavy atom. The first-order valence-electron chi connectivity index (χ1n) is 4.91. The Kier molecular flexibility index (Phi) is 4.36. The maximum absolute atomic E-state index is 11.7. The number of urea groups is 1. The number of carbonyl (C=O) groups excluding carboxylic acids is 1. The average Bonchev–Trinajstić information content (AvgIpc) is 2.43. The summed E-state index contributed by atoms with van der Waals surface area (Å²) in [7, 11) is 1.49. The molecule has 0 spiro atoms. The van der Waals surface area contributed by atoms with E-state index >= 15 is 0 Å². The number of rotatable bonds is 2. The number of nitrogens with zero attached hydrogens (tertiary/aromatic N) is 2. The zero-order valence-corrected chi connectivity index (χ0v) is 8.81. The minimum atomic E-state index is -1.00. The lowest BCUT2D eigenvalue weighted by Gasteiger charge is -2.25. The molecule has 1 heterocycles. The Labute approximate surface area is 88.4 Å². The molecule has 1 N–H and O–H groups in total. The van der Waals surface area contributed by atoms with Gasteiger partial charge in [0.1, 0.15) is 6.54 Å². The van der Waals surface area contributed by atoms with Crippen molar-refractivity contribution in [2.24, 2.45) is 0 Å². The topological polar surface area (TPSA) is 70.1 Å². The predicted molar refractivity (Wildman–Crippen MR) is 52.7 cm³/mol. The highest BCUT2D eigenvalue weighted by Crippen LogP contribution is 2.02. The molecule has 0 radical (unpaired) electrons. The third-order valence-corrected chi connectivity index (χ3v) is 2.19. The minimum Gasteiger partial charge on any atom is -0.480 e. The number of carbonyl (C=O) groups is 2. The Morgan fingerprint density at radius 1 is 1.40 bits per heavy atom. The smallest absolute Gasteiger partial charge is 0.323 e. The molecule has 0 unspecified atom stereocenters. The van der Waals surface area contributed by atoms with Crippen LogP contribution in [-0.2, 0) is 9.53 Å². The first kappa shape index (κ1) is 11.8. The third kappa shape index (κ3) is 3.75. The summed E-state index contributed by atoms with van der Waals surface area (Å²) < 4.78 is 5.21. The molecule has 1 fully saturated rings. The van der Waals surface area contributed by atoms with Crippen molar-refractivity contribution in [3.8, 4) is 0 Å². The van der Waals surface area contributed by atoms with Gasteiger partial charge in [-0.25, -0.2) is 4.79 Å². The van der Waals surface area contributed by atoms with Crippen LogP contribution in [0.4, 0.5) is 4.79 Å². The van der Waals surface area contributed by atoms with Crippen molar-refractivity contribution >= 4 is 12.0 Å². The lowest BCUT2D eigenvalue weighted by molar-refractivity contribution is -0.137. The van der Waals surface area contributed by atoms with Gasteiger partial charge >= 0.3 is 12.0 Å². The molecule has 0 aromatic rings. The summed E-state index contributed by atoms with van der Waals surface area (Å²) >= 11 is 0. The monoisotopic (exact) mass is 216 g/mol. The van der Waals surface area contributed by atoms with E-state index in [1.807, 2.05) is 0 Å². The largest absolute Gasteiger partial charge is 0.480 e. The first-order valence-corrected chi connectivity index (χ1v) is 4.91. The molecule has 0 saturated carbocycles. The zero-order valence-electron chi connectivity index (χ0n) is 8.81. The van der Waals surface area contributed by atoms with Crippen LogP contribution in [0.5, 0.6) is 0 Å². The second-order valence-corrected chi connectivity index (χ2v) is 3.49. The SMILES string of the molecule is CN(CC(=O)O)C(=O)N1CCCOCC1. The van der Waals surface area contributed by atoms with Gasteiger partial charge in [0.2, 0.25) is 0 Å². The van der Waals surface area contributed by atoms with E-state index < -0.39 is 5.97 Å². The zero-order chi connectivity index (χ0) is 11.3. The maximum atomic E-state index is 11.7. The van der Waals surface area contributed by atoms with Gasteiger partial charge in [-0.1, -0.05) is 0 Å². The van der Waals surface area contributed by atoms with Crippen molar-refractivity contribution in [3.05, 3.63) is 0 Å². The Morgan fingerprint density at radius 2 is 2.13 bits per heavy atom. The summed E-state index contributed by atoms with van der Waals surface area (Å²) in [5, 5.41) is 8.55. The van der Waals surface area contributed by atoms with Crippen LogP contribution in [-0.4, -0.2) is 66.8 Å². The fourth-order valence-corrected chi connectivity index (χ4v) is 1.45. The lowest BCUT2D eigenvalue weighted by atomic mass is 10.4. The average molecular weight is 216 g/mol. The number of hydrogen-bond acceptors (Lipinski definition) is 3. The van der Waals surface area contributed by atoms with Crippen LogP contribution in [0.2, 0.25) is 0 Å². The first-order chi connectivity index (χ1) is 7.11. The van der Waals surface area contributed by atoms with Crippen LogP contribution in [0.3, 0.4) is 0 Å². The Bertz CT molecular complexity index is 236. The molecule has 86 valence electrons. The molecule has 0 aromatic heterocycles. The van der Waals surface area contributed by atoms with Crippen molar-refractivity contribution < 1.29 is 19.4 Å². The molecule has 6 heteroatoms. The van der Waals surface area contributed by atoms with Crippen LogP contribution in [0.1, 0.15) is 6.42 Å². The minimum absolute atomic E-state index is 0.247. The Balaban J connectivity index is 2.46. The number of carboxylic acid groups (broad SMARTS) is 1. The molecule has 1 saturated heterocycles. The fourth-order valence-electron chi connectivity index (χ4n) is 1.45. The van der Waals surface area contributed by atoms with Gasteiger partial charge in [-0.2, -0.15) is 0 Å². The number of ether oxygens (including phenoxy) is 1. The number of hydrogen-bond donors (Lipinski definition) is 1. The van der Waals surface area contributed by atoms with Gasteiger partial charge in [0.25, 0.3) is 0 Å². The van der Waals surface area contributed by atoms with E-state index in [1.54, 1.807) is 4.90 Å². The molecule has 6 nitrogen and oxygen atoms in total. The van der Waals surface area contributed by atoms with E-state index in [4.69, 9.17) is 9.84 Å². The fraction of sp³-hybridized carbons (Fsp3) is 0.778. The van der Waals surface area contributed by atoms with Gasteiger partial charge < -0.3 is 19.6 Å². The van der Waals surface area contributed by atoms with Gasteiger partial charge in [-0.05, 0) is 6.42 Å². The van der Waals surface area contributed by atoms with Crippen LogP contribution < -0.4 is 0 Å². The van der Waals surface area contributed by atoms with E-state index in [-0.39, 0.29) is 12.6 Å². The number of aliphatic carboxylic acids is 1. The summed E-state index contributed by atoms with van der Waals surface area (Å²) in [6.45, 7) is 2.07. The molecule has 1 aliphatic rings. The summed E-state index contributed by atoms with van der Waals surface area (Å²) in [6, 6.07) is -0.247. The van der Waals surface area contributed by atoms with Crippen molar-refractivity contribution in [1.82, 2.24) is 9.80 Å². The third-order valence-electron chi connectivity index (χ3n) is 2.19. The number of carboxylic acids is 1. The molecule has 15 heavy (non-hydrogen) atoms. The van der Waals surface area contributed by atoms with E-state index in [0.29, 0.717) is 26.3 Å².